The number of hydrogen-bond acceptors (Lipinski definition) is 7. The first-order chi connectivity index (χ1) is 22.1. The van der Waals surface area contributed by atoms with Gasteiger partial charge in [0.05, 0.1) is 23.4 Å². The van der Waals surface area contributed by atoms with Crippen molar-refractivity contribution in [1.29, 1.82) is 10.8 Å². The number of aromatic nitrogens is 1. The predicted molar refractivity (Wildman–Crippen MR) is 178 cm³/mol. The molecule has 12 nitrogen and oxygen atoms in total. The highest BCUT2D eigenvalue weighted by Crippen LogP contribution is 2.34. The zero-order chi connectivity index (χ0) is 32.8. The molecule has 246 valence electrons. The summed E-state index contributed by atoms with van der Waals surface area (Å²) in [6.45, 7) is 1.07. The molecule has 0 amide bonds. The van der Waals surface area contributed by atoms with Crippen molar-refractivity contribution >= 4 is 35.4 Å². The van der Waals surface area contributed by atoms with Gasteiger partial charge in [-0.25, -0.2) is 9.38 Å². The normalized spacial score (nSPS) is 17.0. The summed E-state index contributed by atoms with van der Waals surface area (Å²) in [6.07, 6.45) is 5.87. The monoisotopic (exact) mass is 652 g/mol. The molecule has 5 rings (SSSR count). The zero-order valence-electron chi connectivity index (χ0n) is 25.5. The van der Waals surface area contributed by atoms with Gasteiger partial charge in [-0.05, 0) is 85.9 Å². The molecule has 0 spiro atoms. The number of guanidine groups is 2. The number of aryl methyl sites for hydroxylation is 1. The largest absolute Gasteiger partial charge is 0.372 e. The lowest BCUT2D eigenvalue weighted by atomic mass is 10.00. The van der Waals surface area contributed by atoms with E-state index in [2.05, 4.69) is 20.6 Å². The van der Waals surface area contributed by atoms with E-state index in [-0.39, 0.29) is 29.1 Å². The Hall–Kier alpha value is -4.17. The second kappa shape index (κ2) is 14.9. The molecule has 1 aromatic heterocycles. The number of ether oxygens (including phenoxy) is 1. The second-order valence-corrected chi connectivity index (χ2v) is 12.3. The van der Waals surface area contributed by atoms with E-state index in [1.807, 2.05) is 30.3 Å². The van der Waals surface area contributed by atoms with E-state index in [9.17, 15) is 5.11 Å². The van der Waals surface area contributed by atoms with Crippen LogP contribution < -0.4 is 43.4 Å². The summed E-state index contributed by atoms with van der Waals surface area (Å²) in [7, 11) is 0. The van der Waals surface area contributed by atoms with E-state index in [4.69, 9.17) is 44.4 Å². The molecular formula is C32H42ClFN10O2. The Morgan fingerprint density at radius 2 is 1.85 bits per heavy atom. The van der Waals surface area contributed by atoms with Crippen molar-refractivity contribution in [3.05, 3.63) is 75.1 Å². The van der Waals surface area contributed by atoms with Gasteiger partial charge in [0.25, 0.3) is 0 Å². The number of nitrogens with two attached hydrogens (primary N) is 3. The molecule has 1 saturated carbocycles. The number of aromatic amines is 1. The number of hydrogen-bond donors (Lipinski definition) is 9. The van der Waals surface area contributed by atoms with E-state index in [0.29, 0.717) is 59.7 Å². The molecule has 14 heteroatoms. The zero-order valence-corrected chi connectivity index (χ0v) is 26.3. The number of aliphatic hydroxyl groups excluding tert-OH is 1. The Labute approximate surface area is 271 Å². The van der Waals surface area contributed by atoms with Gasteiger partial charge in [0.15, 0.2) is 17.7 Å². The summed E-state index contributed by atoms with van der Waals surface area (Å²) in [6, 6.07) is 13.0. The molecule has 3 aromatic rings. The second-order valence-electron chi connectivity index (χ2n) is 11.9. The molecule has 0 bridgehead atoms. The average Bonchev–Trinajstić information content (AvgIpc) is 3.79. The maximum absolute atomic E-state index is 15.2. The minimum atomic E-state index is -1.19. The van der Waals surface area contributed by atoms with Gasteiger partial charge in [0.2, 0.25) is 6.35 Å². The highest BCUT2D eigenvalue weighted by molar-refractivity contribution is 6.31. The first-order valence-corrected chi connectivity index (χ1v) is 15.8. The molecule has 46 heavy (non-hydrogen) atoms. The van der Waals surface area contributed by atoms with Gasteiger partial charge in [0.1, 0.15) is 5.49 Å². The minimum Gasteiger partial charge on any atom is -0.372 e. The lowest BCUT2D eigenvalue weighted by molar-refractivity contribution is 0.0389. The number of aliphatic hydroxyl groups is 1. The van der Waals surface area contributed by atoms with E-state index in [1.165, 1.54) is 12.8 Å². The molecule has 1 aliphatic heterocycles. The summed E-state index contributed by atoms with van der Waals surface area (Å²) in [4.78, 5) is 9.19. The quantitative estimate of drug-likeness (QED) is 0.0872. The predicted octanol–water partition coefficient (Wildman–Crippen LogP) is 1.93. The molecule has 1 aliphatic carbocycles. The first-order valence-electron chi connectivity index (χ1n) is 15.4. The fourth-order valence-corrected chi connectivity index (χ4v) is 5.76. The van der Waals surface area contributed by atoms with E-state index in [0.717, 1.165) is 30.4 Å². The van der Waals surface area contributed by atoms with Crippen LogP contribution in [-0.4, -0.2) is 53.6 Å². The summed E-state index contributed by atoms with van der Waals surface area (Å²) >= 11 is 6.30. The smallest absolute Gasteiger partial charge is 0.231 e. The Morgan fingerprint density at radius 3 is 2.54 bits per heavy atom. The van der Waals surface area contributed by atoms with Crippen molar-refractivity contribution in [2.45, 2.75) is 63.6 Å². The van der Waals surface area contributed by atoms with Crippen LogP contribution in [0.1, 0.15) is 43.2 Å². The maximum Gasteiger partial charge on any atom is 0.231 e. The van der Waals surface area contributed by atoms with Crippen LogP contribution in [0.4, 0.5) is 10.1 Å². The van der Waals surface area contributed by atoms with Crippen molar-refractivity contribution < 1.29 is 14.2 Å². The highest BCUT2D eigenvalue weighted by Gasteiger charge is 2.28. The van der Waals surface area contributed by atoms with Crippen LogP contribution in [0.2, 0.25) is 5.02 Å². The standard InChI is InChI=1S/C32H42ClFN10O2/c33-25-13-19(2-1-3-26(35)20-6-7-20)12-24(28(25)34)27-14-21-16-44(32(45)43-29(21)42-27)22-8-4-18(5-9-22)17-46-23(15-41-31(38)39)10-11-40-30(36)37/h4-5,8-9,12-14,16,20,23,26,32,45H,1-3,6-7,10-11,15,17,35H2,(H,42,43)(H4,36,37,40)(H4,38,39,41)/t23-,26-,32?/m1/s1. The lowest BCUT2D eigenvalue weighted by Gasteiger charge is -2.25. The Balaban J connectivity index is 1.26. The van der Waals surface area contributed by atoms with Gasteiger partial charge in [-0.1, -0.05) is 23.7 Å². The summed E-state index contributed by atoms with van der Waals surface area (Å²) in [5, 5.41) is 31.9. The highest BCUT2D eigenvalue weighted by atomic mass is 35.5. The van der Waals surface area contributed by atoms with Crippen LogP contribution in [0, 0.1) is 22.6 Å². The lowest BCUT2D eigenvalue weighted by Crippen LogP contribution is -2.41. The number of halogens is 2. The number of benzene rings is 2. The van der Waals surface area contributed by atoms with Crippen LogP contribution >= 0.6 is 11.6 Å². The molecule has 0 radical (unpaired) electrons. The van der Waals surface area contributed by atoms with Crippen LogP contribution in [0.15, 0.2) is 47.5 Å². The third kappa shape index (κ3) is 8.75. The summed E-state index contributed by atoms with van der Waals surface area (Å²) in [5.74, 6) is -0.142. The number of nitrogens with one attached hydrogen (secondary N) is 5. The third-order valence-electron chi connectivity index (χ3n) is 8.23. The van der Waals surface area contributed by atoms with Gasteiger partial charge in [0, 0.05) is 41.8 Å². The fraction of sp³-hybridized carbons (Fsp3) is 0.406. The third-order valence-corrected chi connectivity index (χ3v) is 8.50. The summed E-state index contributed by atoms with van der Waals surface area (Å²) in [5.41, 5.74) is 20.9. The number of nitrogens with zero attached hydrogens (tertiary/aromatic N) is 2. The minimum absolute atomic E-state index is 0.0624. The number of rotatable bonds is 15. The van der Waals surface area contributed by atoms with Gasteiger partial charge in [-0.15, -0.1) is 0 Å². The van der Waals surface area contributed by atoms with E-state index < -0.39 is 12.2 Å². The van der Waals surface area contributed by atoms with Crippen LogP contribution in [-0.2, 0) is 17.8 Å². The SMILES string of the molecule is N=C(N)NCC[C@H](CNC(=N)N)OCc1ccc(N2C=c3cc(-c4cc(CCC[C@@H](N)C5CC5)cc(Cl)c4F)[nH]c3=NC2O)cc1. The van der Waals surface area contributed by atoms with E-state index in [1.54, 1.807) is 23.2 Å². The molecule has 1 fully saturated rings. The Morgan fingerprint density at radius 1 is 1.11 bits per heavy atom. The van der Waals surface area contributed by atoms with Crippen LogP contribution in [0.25, 0.3) is 17.5 Å². The van der Waals surface area contributed by atoms with Crippen molar-refractivity contribution in [2.75, 3.05) is 18.0 Å². The molecule has 1 unspecified atom stereocenters. The molecular weight excluding hydrogens is 611 g/mol. The molecule has 2 heterocycles. The maximum atomic E-state index is 15.2. The molecule has 0 saturated heterocycles. The van der Waals surface area contributed by atoms with Crippen molar-refractivity contribution in [3.63, 3.8) is 0 Å². The van der Waals surface area contributed by atoms with E-state index >= 15 is 4.39 Å². The number of H-pyrrole nitrogens is 1. The summed E-state index contributed by atoms with van der Waals surface area (Å²) < 4.78 is 21.2. The van der Waals surface area contributed by atoms with Crippen LogP contribution in [0.3, 0.4) is 0 Å². The van der Waals surface area contributed by atoms with Gasteiger partial charge < -0.3 is 47.6 Å². The molecule has 2 aliphatic rings. The molecule has 2 aromatic carbocycles. The Kier molecular flexibility index (Phi) is 10.8. The Bertz CT molecular complexity index is 1660. The van der Waals surface area contributed by atoms with Gasteiger partial charge >= 0.3 is 0 Å². The van der Waals surface area contributed by atoms with Gasteiger partial charge in [-0.3, -0.25) is 10.8 Å². The topological polar surface area (TPSA) is 211 Å². The van der Waals surface area contributed by atoms with Crippen molar-refractivity contribution in [2.24, 2.45) is 28.1 Å². The van der Waals surface area contributed by atoms with Crippen molar-refractivity contribution in [1.82, 2.24) is 15.6 Å². The van der Waals surface area contributed by atoms with Crippen molar-refractivity contribution in [3.8, 4) is 11.3 Å². The number of fused-ring (bicyclic) bond motifs is 1. The van der Waals surface area contributed by atoms with Crippen LogP contribution in [0.5, 0.6) is 0 Å². The van der Waals surface area contributed by atoms with Gasteiger partial charge in [-0.2, -0.15) is 0 Å². The molecule has 12 N–H and O–H groups in total. The average molecular weight is 653 g/mol. The fourth-order valence-electron chi connectivity index (χ4n) is 5.51. The molecule has 3 atom stereocenters. The first kappa shape index (κ1) is 33.2. The number of anilines is 1.